The van der Waals surface area contributed by atoms with E-state index in [2.05, 4.69) is 15.5 Å². The fourth-order valence-electron chi connectivity index (χ4n) is 2.25. The number of hydrogen-bond donors (Lipinski definition) is 2. The molecule has 1 aromatic rings. The number of hydrogen-bond acceptors (Lipinski definition) is 2. The molecule has 2 amide bonds. The van der Waals surface area contributed by atoms with Crippen LogP contribution < -0.4 is 10.6 Å². The summed E-state index contributed by atoms with van der Waals surface area (Å²) in [6, 6.07) is 6.95. The molecule has 4 nitrogen and oxygen atoms in total. The molecule has 2 N–H and O–H groups in total. The van der Waals surface area contributed by atoms with Crippen LogP contribution in [0.25, 0.3) is 0 Å². The van der Waals surface area contributed by atoms with Gasteiger partial charge in [0.2, 0.25) is 0 Å². The lowest BCUT2D eigenvalue weighted by molar-refractivity contribution is 0.251. The van der Waals surface area contributed by atoms with E-state index in [0.717, 1.165) is 13.0 Å². The first-order valence-corrected chi connectivity index (χ1v) is 7.14. The van der Waals surface area contributed by atoms with Gasteiger partial charge in [0, 0.05) is 17.3 Å². The summed E-state index contributed by atoms with van der Waals surface area (Å²) in [6.07, 6.45) is 3.61. The highest BCUT2D eigenvalue weighted by Crippen LogP contribution is 2.14. The summed E-state index contributed by atoms with van der Waals surface area (Å²) >= 11 is 5.85. The van der Waals surface area contributed by atoms with Gasteiger partial charge in [0.05, 0.1) is 0 Å². The van der Waals surface area contributed by atoms with Gasteiger partial charge in [-0.15, -0.1) is 0 Å². The van der Waals surface area contributed by atoms with Gasteiger partial charge < -0.3 is 15.5 Å². The molecule has 0 aromatic heterocycles. The molecule has 0 unspecified atom stereocenters. The SMILES string of the molecule is O=C(NCCCN1CCCC1)Nc1cccc(Cl)c1. The zero-order valence-electron chi connectivity index (χ0n) is 11.0. The summed E-state index contributed by atoms with van der Waals surface area (Å²) in [4.78, 5) is 14.1. The van der Waals surface area contributed by atoms with Crippen molar-refractivity contribution in [3.05, 3.63) is 29.3 Å². The van der Waals surface area contributed by atoms with Crippen molar-refractivity contribution in [1.29, 1.82) is 0 Å². The molecule has 1 fully saturated rings. The van der Waals surface area contributed by atoms with Gasteiger partial charge in [-0.3, -0.25) is 0 Å². The number of nitrogens with one attached hydrogen (secondary N) is 2. The van der Waals surface area contributed by atoms with Crippen molar-refractivity contribution in [3.8, 4) is 0 Å². The van der Waals surface area contributed by atoms with Crippen LogP contribution in [0.15, 0.2) is 24.3 Å². The minimum absolute atomic E-state index is 0.177. The fraction of sp³-hybridized carbons (Fsp3) is 0.500. The van der Waals surface area contributed by atoms with Crippen LogP contribution in [0.1, 0.15) is 19.3 Å². The third-order valence-corrected chi connectivity index (χ3v) is 3.45. The second-order valence-electron chi connectivity index (χ2n) is 4.79. The highest BCUT2D eigenvalue weighted by atomic mass is 35.5. The Kier molecular flexibility index (Phi) is 5.48. The number of carbonyl (C=O) groups is 1. The van der Waals surface area contributed by atoms with Crippen LogP contribution in [0.2, 0.25) is 5.02 Å². The lowest BCUT2D eigenvalue weighted by atomic mass is 10.3. The number of anilines is 1. The minimum atomic E-state index is -0.177. The van der Waals surface area contributed by atoms with Gasteiger partial charge in [-0.2, -0.15) is 0 Å². The molecule has 0 radical (unpaired) electrons. The average Bonchev–Trinajstić information content (AvgIpc) is 2.88. The third-order valence-electron chi connectivity index (χ3n) is 3.22. The summed E-state index contributed by atoms with van der Waals surface area (Å²) in [5, 5.41) is 6.24. The lowest BCUT2D eigenvalue weighted by Crippen LogP contribution is -2.31. The maximum absolute atomic E-state index is 11.6. The van der Waals surface area contributed by atoms with E-state index in [-0.39, 0.29) is 6.03 Å². The van der Waals surface area contributed by atoms with Crippen molar-refractivity contribution < 1.29 is 4.79 Å². The van der Waals surface area contributed by atoms with E-state index in [1.165, 1.54) is 25.9 Å². The van der Waals surface area contributed by atoms with E-state index in [1.807, 2.05) is 12.1 Å². The van der Waals surface area contributed by atoms with Gasteiger partial charge in [0.1, 0.15) is 0 Å². The smallest absolute Gasteiger partial charge is 0.319 e. The Morgan fingerprint density at radius 2 is 2.11 bits per heavy atom. The number of amides is 2. The van der Waals surface area contributed by atoms with Gasteiger partial charge >= 0.3 is 6.03 Å². The van der Waals surface area contributed by atoms with Crippen LogP contribution >= 0.6 is 11.6 Å². The van der Waals surface area contributed by atoms with E-state index in [4.69, 9.17) is 11.6 Å². The predicted molar refractivity (Wildman–Crippen MR) is 78.8 cm³/mol. The number of benzene rings is 1. The van der Waals surface area contributed by atoms with Gasteiger partial charge in [-0.1, -0.05) is 17.7 Å². The average molecular weight is 282 g/mol. The van der Waals surface area contributed by atoms with Crippen molar-refractivity contribution >= 4 is 23.3 Å². The molecule has 0 bridgehead atoms. The highest BCUT2D eigenvalue weighted by molar-refractivity contribution is 6.30. The first-order chi connectivity index (χ1) is 9.24. The Hall–Kier alpha value is -1.26. The molecular weight excluding hydrogens is 262 g/mol. The Balaban J connectivity index is 1.61. The van der Waals surface area contributed by atoms with Crippen LogP contribution in [-0.2, 0) is 0 Å². The molecule has 0 atom stereocenters. The van der Waals surface area contributed by atoms with Gasteiger partial charge in [0.25, 0.3) is 0 Å². The molecule has 1 aromatic carbocycles. The Labute approximate surface area is 119 Å². The molecule has 1 aliphatic rings. The number of nitrogens with zero attached hydrogens (tertiary/aromatic N) is 1. The quantitative estimate of drug-likeness (QED) is 0.815. The van der Waals surface area contributed by atoms with Crippen LogP contribution in [0.3, 0.4) is 0 Å². The fourth-order valence-corrected chi connectivity index (χ4v) is 2.44. The van der Waals surface area contributed by atoms with E-state index in [9.17, 15) is 4.79 Å². The van der Waals surface area contributed by atoms with E-state index < -0.39 is 0 Å². The number of halogens is 1. The largest absolute Gasteiger partial charge is 0.338 e. The van der Waals surface area contributed by atoms with E-state index in [1.54, 1.807) is 12.1 Å². The Morgan fingerprint density at radius 1 is 1.32 bits per heavy atom. The van der Waals surface area contributed by atoms with Crippen LogP contribution in [0, 0.1) is 0 Å². The summed E-state index contributed by atoms with van der Waals surface area (Å²) in [5.41, 5.74) is 0.713. The summed E-state index contributed by atoms with van der Waals surface area (Å²) in [6.45, 7) is 4.17. The topological polar surface area (TPSA) is 44.4 Å². The first kappa shape index (κ1) is 14.2. The molecular formula is C14H20ClN3O. The third kappa shape index (κ3) is 5.09. The molecule has 1 aliphatic heterocycles. The number of carbonyl (C=O) groups excluding carboxylic acids is 1. The monoisotopic (exact) mass is 281 g/mol. The zero-order chi connectivity index (χ0) is 13.5. The molecule has 2 rings (SSSR count). The van der Waals surface area contributed by atoms with Crippen LogP contribution in [-0.4, -0.2) is 37.1 Å². The van der Waals surface area contributed by atoms with Crippen LogP contribution in [0.4, 0.5) is 10.5 Å². The Bertz CT molecular complexity index is 419. The molecule has 5 heteroatoms. The predicted octanol–water partition coefficient (Wildman–Crippen LogP) is 2.95. The van der Waals surface area contributed by atoms with Crippen molar-refractivity contribution in [2.24, 2.45) is 0 Å². The molecule has 1 heterocycles. The van der Waals surface area contributed by atoms with Crippen LogP contribution in [0.5, 0.6) is 0 Å². The first-order valence-electron chi connectivity index (χ1n) is 6.77. The highest BCUT2D eigenvalue weighted by Gasteiger charge is 2.10. The summed E-state index contributed by atoms with van der Waals surface area (Å²) in [5.74, 6) is 0. The molecule has 0 spiro atoms. The van der Waals surface area contributed by atoms with Gasteiger partial charge in [0.15, 0.2) is 0 Å². The Morgan fingerprint density at radius 3 is 2.84 bits per heavy atom. The minimum Gasteiger partial charge on any atom is -0.338 e. The van der Waals surface area contributed by atoms with Crippen molar-refractivity contribution in [2.75, 3.05) is 31.5 Å². The number of urea groups is 1. The standard InChI is InChI=1S/C14H20ClN3O/c15-12-5-3-6-13(11-12)17-14(19)16-7-4-10-18-8-1-2-9-18/h3,5-6,11H,1-2,4,7-10H2,(H2,16,17,19). The second kappa shape index (κ2) is 7.36. The van der Waals surface area contributed by atoms with E-state index >= 15 is 0 Å². The van der Waals surface area contributed by atoms with E-state index in [0.29, 0.717) is 17.3 Å². The molecule has 0 aliphatic carbocycles. The van der Waals surface area contributed by atoms with Crippen molar-refractivity contribution in [1.82, 2.24) is 10.2 Å². The number of likely N-dealkylation sites (tertiary alicyclic amines) is 1. The van der Waals surface area contributed by atoms with Gasteiger partial charge in [-0.05, 0) is 57.1 Å². The zero-order valence-corrected chi connectivity index (χ0v) is 11.7. The van der Waals surface area contributed by atoms with Crippen molar-refractivity contribution in [3.63, 3.8) is 0 Å². The normalized spacial score (nSPS) is 15.4. The van der Waals surface area contributed by atoms with Gasteiger partial charge in [-0.25, -0.2) is 4.79 Å². The maximum Gasteiger partial charge on any atom is 0.319 e. The number of rotatable bonds is 5. The lowest BCUT2D eigenvalue weighted by Gasteiger charge is -2.14. The molecule has 1 saturated heterocycles. The maximum atomic E-state index is 11.6. The summed E-state index contributed by atoms with van der Waals surface area (Å²) < 4.78 is 0. The molecule has 0 saturated carbocycles. The molecule has 104 valence electrons. The second-order valence-corrected chi connectivity index (χ2v) is 5.23. The summed E-state index contributed by atoms with van der Waals surface area (Å²) in [7, 11) is 0. The molecule has 19 heavy (non-hydrogen) atoms. The van der Waals surface area contributed by atoms with Crippen molar-refractivity contribution in [2.45, 2.75) is 19.3 Å².